The van der Waals surface area contributed by atoms with Gasteiger partial charge in [-0.3, -0.25) is 4.79 Å². The molecule has 0 atom stereocenters. The molecule has 0 rings (SSSR count). The standard InChI is InChI=1S/C5H11B3N2O2/c1-12-4(11)2-10(3-9)5(6,7)8/h2,6-8H2,1H3. The highest BCUT2D eigenvalue weighted by Crippen LogP contribution is 1.99. The van der Waals surface area contributed by atoms with Gasteiger partial charge >= 0.3 is 5.97 Å². The third-order valence-corrected chi connectivity index (χ3v) is 1.45. The molecule has 0 bridgehead atoms. The number of rotatable bonds is 3. The fourth-order valence-corrected chi connectivity index (χ4v) is 0.616. The third-order valence-electron chi connectivity index (χ3n) is 1.45. The van der Waals surface area contributed by atoms with Crippen molar-refractivity contribution in [3.05, 3.63) is 0 Å². The highest BCUT2D eigenvalue weighted by molar-refractivity contribution is 6.59. The van der Waals surface area contributed by atoms with Crippen LogP contribution in [0.2, 0.25) is 0 Å². The fourth-order valence-electron chi connectivity index (χ4n) is 0.616. The molecule has 0 amide bonds. The van der Waals surface area contributed by atoms with Gasteiger partial charge in [0.1, 0.15) is 30.1 Å². The first kappa shape index (κ1) is 11.0. The van der Waals surface area contributed by atoms with Gasteiger partial charge in [-0.1, -0.05) is 0 Å². The van der Waals surface area contributed by atoms with Crippen LogP contribution in [-0.2, 0) is 9.53 Å². The van der Waals surface area contributed by atoms with E-state index in [1.54, 1.807) is 0 Å². The van der Waals surface area contributed by atoms with Gasteiger partial charge in [0.2, 0.25) is 0 Å². The molecule has 0 spiro atoms. The van der Waals surface area contributed by atoms with Crippen LogP contribution < -0.4 is 0 Å². The number of esters is 1. The Labute approximate surface area is 75.1 Å². The van der Waals surface area contributed by atoms with Crippen molar-refractivity contribution in [3.63, 3.8) is 0 Å². The molecule has 4 nitrogen and oxygen atoms in total. The van der Waals surface area contributed by atoms with E-state index < -0.39 is 5.97 Å². The molecule has 0 aliphatic rings. The smallest absolute Gasteiger partial charge is 0.326 e. The Morgan fingerprint density at radius 3 is 2.42 bits per heavy atom. The van der Waals surface area contributed by atoms with Crippen molar-refractivity contribution in [2.75, 3.05) is 13.7 Å². The van der Waals surface area contributed by atoms with Crippen LogP contribution in [0, 0.1) is 11.5 Å². The van der Waals surface area contributed by atoms with Gasteiger partial charge in [0, 0.05) is 0 Å². The van der Waals surface area contributed by atoms with Crippen LogP contribution in [0.5, 0.6) is 0 Å². The van der Waals surface area contributed by atoms with Crippen molar-refractivity contribution in [2.24, 2.45) is 0 Å². The summed E-state index contributed by atoms with van der Waals surface area (Å²) < 4.78 is 4.45. The molecule has 0 N–H and O–H groups in total. The highest BCUT2D eigenvalue weighted by atomic mass is 16.5. The van der Waals surface area contributed by atoms with Crippen LogP contribution in [-0.4, -0.2) is 53.3 Å². The third kappa shape index (κ3) is 3.38. The van der Waals surface area contributed by atoms with Gasteiger partial charge in [0.05, 0.1) is 7.11 Å². The average Bonchev–Trinajstić information content (AvgIpc) is 1.97. The molecule has 0 aromatic carbocycles. The zero-order chi connectivity index (χ0) is 9.78. The number of carbonyl (C=O) groups is 1. The molecule has 0 heterocycles. The molecule has 0 aliphatic heterocycles. The highest BCUT2D eigenvalue weighted by Gasteiger charge is 2.22. The summed E-state index contributed by atoms with van der Waals surface area (Å²) >= 11 is 0. The SMILES string of the molecule is BC(B)(B)N(C#N)CC(=O)OC. The minimum atomic E-state index is -0.397. The molecule has 0 fully saturated rings. The van der Waals surface area contributed by atoms with Crippen molar-refractivity contribution >= 4 is 29.5 Å². The molecule has 0 radical (unpaired) electrons. The fraction of sp³-hybridized carbons (Fsp3) is 0.600. The Kier molecular flexibility index (Phi) is 3.74. The topological polar surface area (TPSA) is 53.3 Å². The Morgan fingerprint density at radius 1 is 1.67 bits per heavy atom. The summed E-state index contributed by atoms with van der Waals surface area (Å²) in [5.74, 6) is -0.397. The summed E-state index contributed by atoms with van der Waals surface area (Å²) in [5.41, 5.74) is 0. The van der Waals surface area contributed by atoms with Gasteiger partial charge in [-0.15, -0.1) is 0 Å². The van der Waals surface area contributed by atoms with Gasteiger partial charge in [0.15, 0.2) is 6.19 Å². The van der Waals surface area contributed by atoms with Crippen LogP contribution in [0.25, 0.3) is 0 Å². The van der Waals surface area contributed by atoms with Crippen molar-refractivity contribution < 1.29 is 9.53 Å². The second-order valence-corrected chi connectivity index (χ2v) is 3.43. The van der Waals surface area contributed by atoms with Crippen molar-refractivity contribution in [2.45, 2.75) is 5.24 Å². The van der Waals surface area contributed by atoms with Gasteiger partial charge in [-0.25, -0.2) is 0 Å². The molecule has 0 saturated heterocycles. The molecular weight excluding hydrogens is 153 g/mol. The van der Waals surface area contributed by atoms with Gasteiger partial charge in [0.25, 0.3) is 0 Å². The Bertz CT molecular complexity index is 208. The number of nitrogens with zero attached hydrogens (tertiary/aromatic N) is 2. The number of hydrogen-bond acceptors (Lipinski definition) is 4. The van der Waals surface area contributed by atoms with E-state index in [0.29, 0.717) is 0 Å². The van der Waals surface area contributed by atoms with E-state index in [1.807, 2.05) is 29.7 Å². The minimum absolute atomic E-state index is 0.0104. The van der Waals surface area contributed by atoms with Gasteiger partial charge in [-0.2, -0.15) is 5.26 Å². The number of methoxy groups -OCH3 is 1. The molecule has 0 saturated carbocycles. The zero-order valence-electron chi connectivity index (χ0n) is 7.92. The van der Waals surface area contributed by atoms with E-state index in [1.165, 1.54) is 12.0 Å². The largest absolute Gasteiger partial charge is 0.468 e. The van der Waals surface area contributed by atoms with Crippen LogP contribution in [0.15, 0.2) is 0 Å². The Balaban J connectivity index is 4.22. The summed E-state index contributed by atoms with van der Waals surface area (Å²) in [6.45, 7) is 0.0104. The van der Waals surface area contributed by atoms with Crippen molar-refractivity contribution in [1.82, 2.24) is 4.90 Å². The summed E-state index contributed by atoms with van der Waals surface area (Å²) in [4.78, 5) is 12.2. The normalized spacial score (nSPS) is 10.0. The summed E-state index contributed by atoms with van der Waals surface area (Å²) in [6, 6.07) is 0. The molecule has 0 aromatic rings. The first-order valence-corrected chi connectivity index (χ1v) is 3.66. The van der Waals surface area contributed by atoms with Crippen molar-refractivity contribution in [1.29, 1.82) is 5.26 Å². The van der Waals surface area contributed by atoms with E-state index in [2.05, 4.69) is 4.74 Å². The number of carbonyl (C=O) groups excluding carboxylic acids is 1. The maximum absolute atomic E-state index is 10.8. The van der Waals surface area contributed by atoms with Crippen LogP contribution in [0.1, 0.15) is 0 Å². The summed E-state index contributed by atoms with van der Waals surface area (Å²) in [6.07, 6.45) is 1.94. The van der Waals surface area contributed by atoms with E-state index in [4.69, 9.17) is 5.26 Å². The molecule has 12 heavy (non-hydrogen) atoms. The van der Waals surface area contributed by atoms with Crippen LogP contribution in [0.4, 0.5) is 0 Å². The molecular formula is C5H11B3N2O2. The number of hydrogen-bond donors (Lipinski definition) is 0. The van der Waals surface area contributed by atoms with Crippen LogP contribution in [0.3, 0.4) is 0 Å². The lowest BCUT2D eigenvalue weighted by Crippen LogP contribution is -2.50. The second kappa shape index (κ2) is 4.10. The van der Waals surface area contributed by atoms with Gasteiger partial charge in [-0.05, 0) is 5.24 Å². The molecule has 0 unspecified atom stereocenters. The summed E-state index contributed by atoms with van der Waals surface area (Å²) in [7, 11) is 6.89. The first-order valence-electron chi connectivity index (χ1n) is 3.66. The molecule has 0 aromatic heterocycles. The minimum Gasteiger partial charge on any atom is -0.468 e. The summed E-state index contributed by atoms with van der Waals surface area (Å²) in [5, 5.41) is 8.34. The van der Waals surface area contributed by atoms with E-state index in [0.717, 1.165) is 0 Å². The number of ether oxygens (including phenoxy) is 1. The average molecular weight is 164 g/mol. The quantitative estimate of drug-likeness (QED) is 0.187. The Morgan fingerprint density at radius 2 is 2.17 bits per heavy atom. The lowest BCUT2D eigenvalue weighted by Gasteiger charge is -2.29. The molecule has 7 heteroatoms. The second-order valence-electron chi connectivity index (χ2n) is 3.43. The number of nitriles is 1. The molecule has 0 aliphatic carbocycles. The first-order chi connectivity index (χ1) is 5.41. The van der Waals surface area contributed by atoms with Crippen molar-refractivity contribution in [3.8, 4) is 6.19 Å². The Hall–Kier alpha value is -1.05. The zero-order valence-corrected chi connectivity index (χ0v) is 7.92. The maximum atomic E-state index is 10.8. The van der Waals surface area contributed by atoms with E-state index in [-0.39, 0.29) is 11.8 Å². The lowest BCUT2D eigenvalue weighted by atomic mass is 9.48. The van der Waals surface area contributed by atoms with E-state index in [9.17, 15) is 4.79 Å². The monoisotopic (exact) mass is 164 g/mol. The van der Waals surface area contributed by atoms with Crippen LogP contribution >= 0.6 is 0 Å². The predicted octanol–water partition coefficient (Wildman–Crippen LogP) is -3.55. The van der Waals surface area contributed by atoms with Gasteiger partial charge < -0.3 is 9.64 Å². The molecule has 62 valence electrons. The lowest BCUT2D eigenvalue weighted by molar-refractivity contribution is -0.141. The predicted molar refractivity (Wildman–Crippen MR) is 52.7 cm³/mol. The van der Waals surface area contributed by atoms with E-state index >= 15 is 0 Å². The maximum Gasteiger partial charge on any atom is 0.326 e.